The minimum atomic E-state index is 0.0413. The molecule has 13 heavy (non-hydrogen) atoms. The first-order valence-corrected chi connectivity index (χ1v) is 5.07. The summed E-state index contributed by atoms with van der Waals surface area (Å²) in [6.07, 6.45) is 4.78. The summed E-state index contributed by atoms with van der Waals surface area (Å²) < 4.78 is 0. The molecule has 1 N–H and O–H groups in total. The lowest BCUT2D eigenvalue weighted by atomic mass is 9.87. The normalized spacial score (nSPS) is 28.2. The van der Waals surface area contributed by atoms with Gasteiger partial charge in [0.1, 0.15) is 0 Å². The van der Waals surface area contributed by atoms with Gasteiger partial charge in [-0.25, -0.2) is 4.79 Å². The van der Waals surface area contributed by atoms with E-state index in [-0.39, 0.29) is 6.03 Å². The van der Waals surface area contributed by atoms with Crippen molar-refractivity contribution in [2.24, 2.45) is 5.92 Å². The van der Waals surface area contributed by atoms with Gasteiger partial charge in [-0.05, 0) is 31.6 Å². The second-order valence-electron chi connectivity index (χ2n) is 4.30. The second kappa shape index (κ2) is 4.49. The first-order valence-electron chi connectivity index (χ1n) is 5.07. The molecule has 1 saturated carbocycles. The summed E-state index contributed by atoms with van der Waals surface area (Å²) in [5.41, 5.74) is 0. The van der Waals surface area contributed by atoms with Crippen LogP contribution in [-0.4, -0.2) is 31.1 Å². The Morgan fingerprint density at radius 1 is 1.23 bits per heavy atom. The van der Waals surface area contributed by atoms with Gasteiger partial charge in [-0.3, -0.25) is 0 Å². The summed E-state index contributed by atoms with van der Waals surface area (Å²) in [5, 5.41) is 3.03. The molecule has 0 unspecified atom stereocenters. The van der Waals surface area contributed by atoms with Crippen molar-refractivity contribution in [3.63, 3.8) is 0 Å². The van der Waals surface area contributed by atoms with E-state index in [4.69, 9.17) is 0 Å². The maximum Gasteiger partial charge on any atom is 0.317 e. The number of carbonyl (C=O) groups excluding carboxylic acids is 1. The van der Waals surface area contributed by atoms with Gasteiger partial charge in [-0.1, -0.05) is 6.92 Å². The van der Waals surface area contributed by atoms with Crippen LogP contribution >= 0.6 is 0 Å². The molecule has 3 nitrogen and oxygen atoms in total. The first-order chi connectivity index (χ1) is 6.09. The average molecular weight is 184 g/mol. The molecule has 0 aliphatic heterocycles. The Labute approximate surface area is 80.5 Å². The third-order valence-electron chi connectivity index (χ3n) is 2.75. The van der Waals surface area contributed by atoms with Crippen molar-refractivity contribution in [3.8, 4) is 0 Å². The van der Waals surface area contributed by atoms with E-state index >= 15 is 0 Å². The molecule has 0 bridgehead atoms. The minimum absolute atomic E-state index is 0.0413. The van der Waals surface area contributed by atoms with E-state index in [0.717, 1.165) is 18.8 Å². The molecule has 0 radical (unpaired) electrons. The van der Waals surface area contributed by atoms with Crippen molar-refractivity contribution >= 4 is 6.03 Å². The van der Waals surface area contributed by atoms with Crippen LogP contribution in [0.2, 0.25) is 0 Å². The van der Waals surface area contributed by atoms with Crippen LogP contribution in [0.1, 0.15) is 32.6 Å². The molecule has 0 spiro atoms. The van der Waals surface area contributed by atoms with Crippen LogP contribution in [0.15, 0.2) is 0 Å². The van der Waals surface area contributed by atoms with Crippen LogP contribution in [0.25, 0.3) is 0 Å². The smallest absolute Gasteiger partial charge is 0.317 e. The Balaban J connectivity index is 2.26. The van der Waals surface area contributed by atoms with Gasteiger partial charge in [-0.15, -0.1) is 0 Å². The molecule has 0 aromatic rings. The van der Waals surface area contributed by atoms with Crippen molar-refractivity contribution in [3.05, 3.63) is 0 Å². The fraction of sp³-hybridized carbons (Fsp3) is 0.900. The Kier molecular flexibility index (Phi) is 3.58. The van der Waals surface area contributed by atoms with Crippen molar-refractivity contribution in [2.75, 3.05) is 14.1 Å². The third kappa shape index (κ3) is 3.25. The van der Waals surface area contributed by atoms with Crippen LogP contribution in [-0.2, 0) is 0 Å². The molecule has 1 aliphatic rings. The summed E-state index contributed by atoms with van der Waals surface area (Å²) >= 11 is 0. The van der Waals surface area contributed by atoms with E-state index in [2.05, 4.69) is 12.2 Å². The zero-order valence-electron chi connectivity index (χ0n) is 8.84. The van der Waals surface area contributed by atoms with E-state index in [0.29, 0.717) is 6.04 Å². The highest BCUT2D eigenvalue weighted by Crippen LogP contribution is 2.23. The molecular formula is C10H20N2O. The van der Waals surface area contributed by atoms with E-state index in [1.807, 2.05) is 0 Å². The number of carbonyl (C=O) groups is 1. The monoisotopic (exact) mass is 184 g/mol. The molecule has 1 fully saturated rings. The van der Waals surface area contributed by atoms with Gasteiger partial charge >= 0.3 is 6.03 Å². The molecule has 2 amide bonds. The number of hydrogen-bond acceptors (Lipinski definition) is 1. The van der Waals surface area contributed by atoms with Gasteiger partial charge in [0.15, 0.2) is 0 Å². The SMILES string of the molecule is CC1CCC(NC(=O)N(C)C)CC1. The van der Waals surface area contributed by atoms with Crippen molar-refractivity contribution < 1.29 is 4.79 Å². The van der Waals surface area contributed by atoms with Gasteiger partial charge in [-0.2, -0.15) is 0 Å². The lowest BCUT2D eigenvalue weighted by Gasteiger charge is -2.27. The van der Waals surface area contributed by atoms with E-state index in [1.54, 1.807) is 19.0 Å². The molecule has 1 aliphatic carbocycles. The van der Waals surface area contributed by atoms with E-state index < -0.39 is 0 Å². The Morgan fingerprint density at radius 2 is 1.77 bits per heavy atom. The summed E-state index contributed by atoms with van der Waals surface area (Å²) in [6, 6.07) is 0.450. The van der Waals surface area contributed by atoms with Gasteiger partial charge in [0, 0.05) is 20.1 Å². The maximum absolute atomic E-state index is 11.3. The molecule has 0 atom stereocenters. The number of rotatable bonds is 1. The zero-order valence-corrected chi connectivity index (χ0v) is 8.84. The standard InChI is InChI=1S/C10H20N2O/c1-8-4-6-9(7-5-8)11-10(13)12(2)3/h8-9H,4-7H2,1-3H3,(H,11,13). The highest BCUT2D eigenvalue weighted by Gasteiger charge is 2.19. The predicted molar refractivity (Wildman–Crippen MR) is 53.6 cm³/mol. The number of nitrogens with zero attached hydrogens (tertiary/aromatic N) is 1. The van der Waals surface area contributed by atoms with E-state index in [1.165, 1.54) is 12.8 Å². The quantitative estimate of drug-likeness (QED) is 0.662. The summed E-state index contributed by atoms with van der Waals surface area (Å²) in [7, 11) is 3.56. The summed E-state index contributed by atoms with van der Waals surface area (Å²) in [6.45, 7) is 2.28. The molecular weight excluding hydrogens is 164 g/mol. The lowest BCUT2D eigenvalue weighted by Crippen LogP contribution is -2.42. The lowest BCUT2D eigenvalue weighted by molar-refractivity contribution is 0.205. The fourth-order valence-electron chi connectivity index (χ4n) is 1.71. The molecule has 3 heteroatoms. The van der Waals surface area contributed by atoms with Crippen LogP contribution in [0.5, 0.6) is 0 Å². The predicted octanol–water partition coefficient (Wildman–Crippen LogP) is 1.84. The second-order valence-corrected chi connectivity index (χ2v) is 4.30. The highest BCUT2D eigenvalue weighted by atomic mass is 16.2. The van der Waals surface area contributed by atoms with Gasteiger partial charge in [0.25, 0.3) is 0 Å². The first kappa shape index (κ1) is 10.4. The van der Waals surface area contributed by atoms with Crippen molar-refractivity contribution in [1.29, 1.82) is 0 Å². The zero-order chi connectivity index (χ0) is 9.84. The third-order valence-corrected chi connectivity index (χ3v) is 2.75. The summed E-state index contributed by atoms with van der Waals surface area (Å²) in [5.74, 6) is 0.840. The minimum Gasteiger partial charge on any atom is -0.335 e. The van der Waals surface area contributed by atoms with Crippen molar-refractivity contribution in [2.45, 2.75) is 38.6 Å². The Hall–Kier alpha value is -0.730. The van der Waals surface area contributed by atoms with Gasteiger partial charge < -0.3 is 10.2 Å². The molecule has 0 heterocycles. The topological polar surface area (TPSA) is 32.3 Å². The highest BCUT2D eigenvalue weighted by molar-refractivity contribution is 5.73. The molecule has 76 valence electrons. The van der Waals surface area contributed by atoms with E-state index in [9.17, 15) is 4.79 Å². The number of amides is 2. The van der Waals surface area contributed by atoms with Crippen LogP contribution in [0.3, 0.4) is 0 Å². The average Bonchev–Trinajstić information content (AvgIpc) is 2.08. The molecule has 1 rings (SSSR count). The maximum atomic E-state index is 11.3. The molecule has 0 aromatic carbocycles. The van der Waals surface area contributed by atoms with Gasteiger partial charge in [0.05, 0.1) is 0 Å². The van der Waals surface area contributed by atoms with Gasteiger partial charge in [0.2, 0.25) is 0 Å². The van der Waals surface area contributed by atoms with Crippen LogP contribution < -0.4 is 5.32 Å². The number of urea groups is 1. The molecule has 0 saturated heterocycles. The Bertz CT molecular complexity index is 172. The van der Waals surface area contributed by atoms with Crippen molar-refractivity contribution in [1.82, 2.24) is 10.2 Å². The van der Waals surface area contributed by atoms with Crippen LogP contribution in [0.4, 0.5) is 4.79 Å². The summed E-state index contributed by atoms with van der Waals surface area (Å²) in [4.78, 5) is 12.9. The molecule has 0 aromatic heterocycles. The number of nitrogens with one attached hydrogen (secondary N) is 1. The fourth-order valence-corrected chi connectivity index (χ4v) is 1.71. The van der Waals surface area contributed by atoms with Crippen LogP contribution in [0, 0.1) is 5.92 Å². The largest absolute Gasteiger partial charge is 0.335 e. The number of hydrogen-bond donors (Lipinski definition) is 1. The Morgan fingerprint density at radius 3 is 2.23 bits per heavy atom.